The van der Waals surface area contributed by atoms with Crippen LogP contribution in [0.15, 0.2) is 138 Å². The maximum atomic E-state index is 12.2. The van der Waals surface area contributed by atoms with E-state index in [1.807, 2.05) is 13.8 Å². The van der Waals surface area contributed by atoms with Crippen molar-refractivity contribution in [3.63, 3.8) is 0 Å². The first-order valence-electron chi connectivity index (χ1n) is 47.3. The number of aromatic nitrogens is 8. The summed E-state index contributed by atoms with van der Waals surface area (Å²) in [7, 11) is 0. The minimum atomic E-state index is -1.47. The van der Waals surface area contributed by atoms with Crippen molar-refractivity contribution in [3.05, 3.63) is 205 Å². The number of hydrogen-bond acceptors (Lipinski definition) is 30. The van der Waals surface area contributed by atoms with Crippen LogP contribution < -0.4 is 55.6 Å². The SMILES string of the molecule is C=C1NC(=O)C=CN1[C@@H]1O[C@H](CCP(=C)(C)C)[C@@H](O)[C@@]1(C)O.C=C1NC(=O)C=CN1[C@@H]1O[C@H](CCP(=C)(C)C)[C@@H](O)[C@]1(C)O.C=CCCc1cn([C@@H]2O[C@H](CCP(=C)(C)C)[C@@H](O)[C@H]2O)c(=O)[nH]c1=O.C=CCc1cn([C@@H]2O[C@H](CCP(=C)(C)C)[C@@H](O)[C@H]2O)c(=O)[nH]c1=O.C=P(C)(C)CC[C@H]1O[C@@H](n2cc(CCC)c(=O)[nH]c2=O)[C@H](O)[C@@H]1O.C=P(C)(C)CC[C@H]1O[C@@H](n2cc(CCCC)c(=O)[nH]c2=O)[C@H](O)[C@@H]1O. The number of nitrogens with one attached hydrogen (secondary N) is 6. The Hall–Kier alpha value is -7.22. The van der Waals surface area contributed by atoms with Crippen LogP contribution in [0.3, 0.4) is 0 Å². The van der Waals surface area contributed by atoms with Gasteiger partial charge in [-0.15, -0.1) is 92.3 Å². The number of aryl methyl sites for hydroxylation is 3. The van der Waals surface area contributed by atoms with Gasteiger partial charge in [0.2, 0.25) is 0 Å². The predicted molar refractivity (Wildman–Crippen MR) is 573 cm³/mol. The average molecular weight is 2110 g/mol. The van der Waals surface area contributed by atoms with Gasteiger partial charge in [0.05, 0.1) is 36.6 Å². The topological polar surface area (TPSA) is 582 Å². The quantitative estimate of drug-likeness (QED) is 0.0234. The van der Waals surface area contributed by atoms with Crippen LogP contribution >= 0.6 is 41.3 Å². The van der Waals surface area contributed by atoms with E-state index >= 15 is 0 Å². The summed E-state index contributed by atoms with van der Waals surface area (Å²) < 4.78 is 39.4. The van der Waals surface area contributed by atoms with E-state index in [2.05, 4.69) is 175 Å². The standard InChI is InChI=1S/C17H29N2O5P.C17H27N2O5P.C16H27N2O5P.C16H25N2O5P.2C15H25N2O4P/c2*1-5-6-7-11-10-19(17(23)18-15(11)22)16-14(21)13(20)12(24-16)8-9-25(2,3)4;2*1-5-6-10-9-18(16(22)17-14(10)21)15-13(20)12(19)11(23-15)7-8-24(2,3)4;2*1-10-16-12(18)6-8-17(10)14-15(2,20)13(19)11(21-14)7-9-22(3,4)5/h10,12-14,16,20-21H,2,5-9H2,1,3-4H3,(H,18,22,23);5,10,12-14,16,20-21H,1-2,6-9H2,3-4H3,(H,18,22,23);9,11-13,15,19-20H,2,5-8H2,1,3-4H3,(H,17,21,22);5,9,11-13,15,19-20H,1-2,6-8H2,3-4H3,(H,17,21,22);2*6,8,11,13-14,19-20H,1,3,7,9H2,2,4-5H3,(H,16,18)/t2*12-,13-,14-,16-;2*11-,12-,13-,15-;11-,13-,14-,15+;11-,13-,14-,15-/m111111/s1. The second-order valence-corrected chi connectivity index (χ2v) is 68.0. The van der Waals surface area contributed by atoms with E-state index < -0.39 is 233 Å². The lowest BCUT2D eigenvalue weighted by atomic mass is 9.95. The van der Waals surface area contributed by atoms with Crippen LogP contribution in [-0.2, 0) is 63.7 Å². The molecule has 24 atom stereocenters. The first kappa shape index (κ1) is 122. The molecule has 8 aliphatic rings. The van der Waals surface area contributed by atoms with E-state index in [-0.39, 0.29) is 18.2 Å². The van der Waals surface area contributed by atoms with E-state index in [1.54, 1.807) is 12.2 Å². The highest BCUT2D eigenvalue weighted by Crippen LogP contribution is 2.47. The van der Waals surface area contributed by atoms with E-state index in [0.29, 0.717) is 98.1 Å². The van der Waals surface area contributed by atoms with Crippen molar-refractivity contribution in [2.45, 2.75) is 264 Å². The van der Waals surface area contributed by atoms with Gasteiger partial charge in [0.15, 0.2) is 37.4 Å². The Morgan fingerprint density at radius 3 is 0.859 bits per heavy atom. The molecule has 18 N–H and O–H groups in total. The third-order valence-corrected chi connectivity index (χ3v) is 33.8. The van der Waals surface area contributed by atoms with Crippen molar-refractivity contribution in [1.29, 1.82) is 0 Å². The van der Waals surface area contributed by atoms with E-state index in [4.69, 9.17) is 28.4 Å². The smallest absolute Gasteiger partial charge is 0.330 e. The van der Waals surface area contributed by atoms with Gasteiger partial charge in [-0.25, -0.2) is 19.2 Å². The predicted octanol–water partition coefficient (Wildman–Crippen LogP) is 1.84. The molecule has 0 aromatic carbocycles. The summed E-state index contributed by atoms with van der Waals surface area (Å²) in [5.41, 5.74) is -5.72. The Morgan fingerprint density at radius 2 is 0.613 bits per heavy atom. The molecule has 800 valence electrons. The lowest BCUT2D eigenvalue weighted by Crippen LogP contribution is -2.53. The summed E-state index contributed by atoms with van der Waals surface area (Å²) in [6.45, 7) is 39.3. The third-order valence-electron chi connectivity index (χ3n) is 25.0. The molecule has 142 heavy (non-hydrogen) atoms. The molecule has 0 radical (unpaired) electrons. The lowest BCUT2D eigenvalue weighted by Gasteiger charge is -2.37. The van der Waals surface area contributed by atoms with Crippen LogP contribution in [0.1, 0.15) is 139 Å². The minimum absolute atomic E-state index is 0.278. The van der Waals surface area contributed by atoms with Crippen LogP contribution in [0.4, 0.5) is 0 Å². The minimum Gasteiger partial charge on any atom is -0.388 e. The number of carbonyl (C=O) groups is 2. The van der Waals surface area contributed by atoms with E-state index in [9.17, 15) is 109 Å². The highest BCUT2D eigenvalue weighted by molar-refractivity contribution is 7.73. The lowest BCUT2D eigenvalue weighted by molar-refractivity contribution is -0.124. The highest BCUT2D eigenvalue weighted by atomic mass is 31.2. The molecule has 0 bridgehead atoms. The van der Waals surface area contributed by atoms with Crippen LogP contribution in [0.25, 0.3) is 0 Å². The Balaban J connectivity index is 0.000000232. The van der Waals surface area contributed by atoms with Crippen molar-refractivity contribution < 1.29 is 99.3 Å². The number of hydrogen-bond donors (Lipinski definition) is 18. The van der Waals surface area contributed by atoms with E-state index in [0.717, 1.165) is 65.4 Å². The fourth-order valence-corrected chi connectivity index (χ4v) is 22.3. The summed E-state index contributed by atoms with van der Waals surface area (Å²) in [6, 6.07) is 0. The zero-order chi connectivity index (χ0) is 107. The number of amides is 2. The van der Waals surface area contributed by atoms with Gasteiger partial charge in [-0.05, 0) is 208 Å². The Morgan fingerprint density at radius 1 is 0.359 bits per heavy atom. The molecule has 6 fully saturated rings. The van der Waals surface area contributed by atoms with Gasteiger partial charge in [-0.2, -0.15) is 0 Å². The number of aliphatic hydroxyl groups excluding tert-OH is 10. The second kappa shape index (κ2) is 51.1. The van der Waals surface area contributed by atoms with Gasteiger partial charge in [0, 0.05) is 71.6 Å². The van der Waals surface area contributed by atoms with Crippen LogP contribution in [0.5, 0.6) is 0 Å². The van der Waals surface area contributed by atoms with Gasteiger partial charge < -0.3 is 110 Å². The van der Waals surface area contributed by atoms with E-state index in [1.165, 1.54) is 82.1 Å². The van der Waals surface area contributed by atoms with Crippen molar-refractivity contribution >= 4 is 90.9 Å². The molecular weight excluding hydrogens is 1950 g/mol. The van der Waals surface area contributed by atoms with Gasteiger partial charge in [-0.3, -0.25) is 67.0 Å². The molecule has 8 aliphatic heterocycles. The fourth-order valence-electron chi connectivity index (χ4n) is 16.6. The maximum absolute atomic E-state index is 12.2. The summed E-state index contributed by atoms with van der Waals surface area (Å²) in [5, 5.41) is 129. The Bertz CT molecular complexity index is 5860. The number of carbonyl (C=O) groups excluding carboxylic acids is 2. The molecular formula is C96H158N12O28P6. The molecule has 12 rings (SSSR count). The molecule has 12 heterocycles. The van der Waals surface area contributed by atoms with Crippen molar-refractivity contribution in [2.75, 3.05) is 117 Å². The van der Waals surface area contributed by atoms with Gasteiger partial charge in [0.1, 0.15) is 83.9 Å². The van der Waals surface area contributed by atoms with Crippen molar-refractivity contribution in [2.24, 2.45) is 0 Å². The molecule has 0 unspecified atom stereocenters. The largest absolute Gasteiger partial charge is 0.388 e. The van der Waals surface area contributed by atoms with Crippen molar-refractivity contribution in [3.8, 4) is 0 Å². The summed E-state index contributed by atoms with van der Waals surface area (Å²) >= 11 is 0. The Kier molecular flexibility index (Phi) is 43.8. The molecule has 40 nitrogen and oxygen atoms in total. The second-order valence-electron chi connectivity index (χ2n) is 42.0. The van der Waals surface area contributed by atoms with Gasteiger partial charge >= 0.3 is 22.8 Å². The zero-order valence-electron chi connectivity index (χ0n) is 85.0. The number of unbranched alkanes of at least 4 members (excludes halogenated alkanes) is 1. The number of ether oxygens (including phenoxy) is 6. The number of rotatable bonds is 34. The normalized spacial score (nSPS) is 29.8. The highest BCUT2D eigenvalue weighted by Gasteiger charge is 2.57. The first-order chi connectivity index (χ1) is 65.6. The zero-order valence-corrected chi connectivity index (χ0v) is 90.3. The molecule has 4 aromatic rings. The first-order valence-corrected chi connectivity index (χ1v) is 65.7. The monoisotopic (exact) mass is 2110 g/mol. The molecule has 0 aliphatic carbocycles. The van der Waals surface area contributed by atoms with Crippen LogP contribution in [0.2, 0.25) is 0 Å². The maximum Gasteiger partial charge on any atom is 0.330 e. The number of nitrogens with zero attached hydrogens (tertiary/aromatic N) is 6. The molecule has 4 aromatic heterocycles. The molecule has 2 amide bonds. The van der Waals surface area contributed by atoms with Crippen molar-refractivity contribution in [1.82, 2.24) is 58.6 Å². The molecule has 0 spiro atoms. The Labute approximate surface area is 830 Å². The van der Waals surface area contributed by atoms with Crippen LogP contribution in [-0.4, -0.2) is 397 Å². The number of aliphatic hydroxyl groups is 12. The van der Waals surface area contributed by atoms with Gasteiger partial charge in [-0.1, -0.05) is 52.0 Å². The number of allylic oxidation sites excluding steroid dienone is 2. The van der Waals surface area contributed by atoms with Gasteiger partial charge in [0.25, 0.3) is 34.1 Å². The molecule has 0 saturated carbocycles. The summed E-state index contributed by atoms with van der Waals surface area (Å²) in [4.78, 5) is 130. The molecule has 6 saturated heterocycles. The third kappa shape index (κ3) is 33.9. The summed E-state index contributed by atoms with van der Waals surface area (Å²) in [6.07, 6.45) is 32.5. The number of aromatic amines is 4. The number of H-pyrrole nitrogens is 4. The van der Waals surface area contributed by atoms with Crippen LogP contribution in [0, 0.1) is 0 Å². The summed E-state index contributed by atoms with van der Waals surface area (Å²) in [5.74, 6) is 0.0745. The molecule has 46 heteroatoms. The fraction of sp³-hybridized carbons (Fsp3) is 0.625. The average Bonchev–Trinajstić information content (AvgIpc) is 1.60.